The van der Waals surface area contributed by atoms with Gasteiger partial charge in [0.05, 0.1) is 5.56 Å². The summed E-state index contributed by atoms with van der Waals surface area (Å²) in [6.45, 7) is -0.953. The maximum Gasteiger partial charge on any atom is 0.416 e. The SMILES string of the molecule is O=C(CNC(=O)c1ccc(C(F)(F)F)cc1)OCC(=O)c1ccc2c(c1)CCCC2. The summed E-state index contributed by atoms with van der Waals surface area (Å²) >= 11 is 0. The van der Waals surface area contributed by atoms with Crippen LogP contribution in [-0.4, -0.2) is 30.8 Å². The van der Waals surface area contributed by atoms with E-state index in [0.717, 1.165) is 55.5 Å². The van der Waals surface area contributed by atoms with Gasteiger partial charge in [-0.25, -0.2) is 0 Å². The van der Waals surface area contributed by atoms with Crippen LogP contribution in [0.25, 0.3) is 0 Å². The van der Waals surface area contributed by atoms with E-state index in [1.165, 1.54) is 5.56 Å². The fourth-order valence-electron chi connectivity index (χ4n) is 3.25. The number of alkyl halides is 3. The standard InChI is InChI=1S/C22H20F3NO4/c23-22(24,25)18-9-7-15(8-10-18)21(29)26-12-20(28)30-13-19(27)17-6-5-14-3-1-2-4-16(14)11-17/h5-11H,1-4,12-13H2,(H,26,29). The first-order valence-electron chi connectivity index (χ1n) is 9.50. The summed E-state index contributed by atoms with van der Waals surface area (Å²) in [5.74, 6) is -1.88. The fourth-order valence-corrected chi connectivity index (χ4v) is 3.25. The first-order chi connectivity index (χ1) is 14.2. The predicted octanol–water partition coefficient (Wildman–Crippen LogP) is 3.74. The maximum atomic E-state index is 12.5. The Bertz CT molecular complexity index is 952. The van der Waals surface area contributed by atoms with Gasteiger partial charge >= 0.3 is 12.1 Å². The summed E-state index contributed by atoms with van der Waals surface area (Å²) in [5, 5.41) is 2.26. The van der Waals surface area contributed by atoms with Gasteiger partial charge in [-0.2, -0.15) is 13.2 Å². The van der Waals surface area contributed by atoms with E-state index >= 15 is 0 Å². The molecule has 0 heterocycles. The normalized spacial score (nSPS) is 13.3. The van der Waals surface area contributed by atoms with Gasteiger partial charge in [0.25, 0.3) is 5.91 Å². The molecule has 0 aromatic heterocycles. The molecule has 0 atom stereocenters. The number of hydrogen-bond acceptors (Lipinski definition) is 4. The Kier molecular flexibility index (Phi) is 6.54. The molecule has 3 rings (SSSR count). The van der Waals surface area contributed by atoms with E-state index in [1.54, 1.807) is 6.07 Å². The van der Waals surface area contributed by atoms with Crippen molar-refractivity contribution in [3.05, 3.63) is 70.3 Å². The summed E-state index contributed by atoms with van der Waals surface area (Å²) in [4.78, 5) is 36.0. The molecule has 30 heavy (non-hydrogen) atoms. The Morgan fingerprint density at radius 3 is 2.20 bits per heavy atom. The van der Waals surface area contributed by atoms with Gasteiger partial charge in [-0.1, -0.05) is 12.1 Å². The van der Waals surface area contributed by atoms with Crippen molar-refractivity contribution in [2.75, 3.05) is 13.2 Å². The van der Waals surface area contributed by atoms with Crippen LogP contribution in [0.5, 0.6) is 0 Å². The Morgan fingerprint density at radius 1 is 0.900 bits per heavy atom. The first-order valence-corrected chi connectivity index (χ1v) is 9.50. The molecule has 1 aliphatic carbocycles. The van der Waals surface area contributed by atoms with Gasteiger partial charge in [0.2, 0.25) is 0 Å². The fraction of sp³-hybridized carbons (Fsp3) is 0.318. The van der Waals surface area contributed by atoms with Crippen molar-refractivity contribution in [1.29, 1.82) is 0 Å². The topological polar surface area (TPSA) is 72.5 Å². The summed E-state index contributed by atoms with van der Waals surface area (Å²) in [6.07, 6.45) is -0.360. The van der Waals surface area contributed by atoms with Crippen molar-refractivity contribution in [2.45, 2.75) is 31.9 Å². The van der Waals surface area contributed by atoms with Gasteiger partial charge in [-0.15, -0.1) is 0 Å². The van der Waals surface area contributed by atoms with Crippen LogP contribution in [0.2, 0.25) is 0 Å². The number of fused-ring (bicyclic) bond motifs is 1. The highest BCUT2D eigenvalue weighted by Gasteiger charge is 2.30. The molecule has 0 bridgehead atoms. The maximum absolute atomic E-state index is 12.5. The molecule has 2 aromatic carbocycles. The quantitative estimate of drug-likeness (QED) is 0.572. The van der Waals surface area contributed by atoms with Crippen LogP contribution < -0.4 is 5.32 Å². The lowest BCUT2D eigenvalue weighted by Crippen LogP contribution is -2.31. The lowest BCUT2D eigenvalue weighted by molar-refractivity contribution is -0.141. The molecule has 1 N–H and O–H groups in total. The predicted molar refractivity (Wildman–Crippen MR) is 102 cm³/mol. The Hall–Kier alpha value is -3.16. The van der Waals surface area contributed by atoms with Crippen molar-refractivity contribution in [3.63, 3.8) is 0 Å². The molecule has 0 unspecified atom stereocenters. The van der Waals surface area contributed by atoms with Crippen LogP contribution >= 0.6 is 0 Å². The minimum atomic E-state index is -4.50. The number of aryl methyl sites for hydroxylation is 2. The van der Waals surface area contributed by atoms with Crippen LogP contribution in [0.15, 0.2) is 42.5 Å². The molecule has 5 nitrogen and oxygen atoms in total. The van der Waals surface area contributed by atoms with Crippen molar-refractivity contribution >= 4 is 17.7 Å². The van der Waals surface area contributed by atoms with Gasteiger partial charge in [0.1, 0.15) is 6.54 Å². The summed E-state index contributed by atoms with van der Waals surface area (Å²) in [5.41, 5.74) is 1.94. The van der Waals surface area contributed by atoms with E-state index in [4.69, 9.17) is 4.74 Å². The van der Waals surface area contributed by atoms with Gasteiger partial charge in [-0.3, -0.25) is 14.4 Å². The van der Waals surface area contributed by atoms with Gasteiger partial charge in [0.15, 0.2) is 12.4 Å². The number of carbonyl (C=O) groups is 3. The summed E-state index contributed by atoms with van der Waals surface area (Å²) < 4.78 is 42.5. The van der Waals surface area contributed by atoms with Crippen LogP contribution in [0.4, 0.5) is 13.2 Å². The summed E-state index contributed by atoms with van der Waals surface area (Å²) in [7, 11) is 0. The third kappa shape index (κ3) is 5.46. The molecular formula is C22H20F3NO4. The molecule has 0 saturated carbocycles. The number of benzene rings is 2. The molecule has 0 saturated heterocycles. The molecule has 0 radical (unpaired) electrons. The van der Waals surface area contributed by atoms with Crippen molar-refractivity contribution in [1.82, 2.24) is 5.32 Å². The smallest absolute Gasteiger partial charge is 0.416 e. The highest BCUT2D eigenvalue weighted by molar-refractivity contribution is 5.99. The number of ketones is 1. The van der Waals surface area contributed by atoms with Crippen molar-refractivity contribution in [2.24, 2.45) is 0 Å². The molecule has 0 spiro atoms. The number of hydrogen-bond donors (Lipinski definition) is 1. The third-order valence-corrected chi connectivity index (χ3v) is 4.90. The average Bonchev–Trinajstić information content (AvgIpc) is 2.74. The van der Waals surface area contributed by atoms with Crippen molar-refractivity contribution < 1.29 is 32.3 Å². The Balaban J connectivity index is 1.46. The number of halogens is 3. The van der Waals surface area contributed by atoms with Gasteiger partial charge in [0, 0.05) is 11.1 Å². The third-order valence-electron chi connectivity index (χ3n) is 4.90. The highest BCUT2D eigenvalue weighted by atomic mass is 19.4. The number of nitrogens with one attached hydrogen (secondary N) is 1. The largest absolute Gasteiger partial charge is 0.456 e. The molecule has 8 heteroatoms. The highest BCUT2D eigenvalue weighted by Crippen LogP contribution is 2.29. The number of Topliss-reactive ketones (excluding diaryl/α,β-unsaturated/α-hetero) is 1. The lowest BCUT2D eigenvalue weighted by Gasteiger charge is -2.16. The monoisotopic (exact) mass is 419 g/mol. The number of rotatable bonds is 6. The van der Waals surface area contributed by atoms with Crippen LogP contribution in [-0.2, 0) is 28.5 Å². The molecule has 2 aromatic rings. The molecule has 1 amide bonds. The van der Waals surface area contributed by atoms with E-state index in [-0.39, 0.29) is 11.3 Å². The average molecular weight is 419 g/mol. The molecule has 0 fully saturated rings. The minimum Gasteiger partial charge on any atom is -0.456 e. The summed E-state index contributed by atoms with van der Waals surface area (Å²) in [6, 6.07) is 9.07. The molecule has 158 valence electrons. The minimum absolute atomic E-state index is 0.0269. The molecule has 1 aliphatic rings. The van der Waals surface area contributed by atoms with Gasteiger partial charge in [-0.05, 0) is 67.1 Å². The number of amides is 1. The zero-order valence-electron chi connectivity index (χ0n) is 16.1. The van der Waals surface area contributed by atoms with E-state index < -0.39 is 36.8 Å². The van der Waals surface area contributed by atoms with Gasteiger partial charge < -0.3 is 10.1 Å². The van der Waals surface area contributed by atoms with Crippen LogP contribution in [0.3, 0.4) is 0 Å². The van der Waals surface area contributed by atoms with E-state index in [1.807, 2.05) is 12.1 Å². The number of carbonyl (C=O) groups excluding carboxylic acids is 3. The lowest BCUT2D eigenvalue weighted by atomic mass is 9.90. The van der Waals surface area contributed by atoms with Crippen LogP contribution in [0, 0.1) is 0 Å². The number of ether oxygens (including phenoxy) is 1. The van der Waals surface area contributed by atoms with E-state index in [0.29, 0.717) is 5.56 Å². The van der Waals surface area contributed by atoms with Crippen LogP contribution in [0.1, 0.15) is 50.2 Å². The second-order valence-electron chi connectivity index (χ2n) is 7.03. The second kappa shape index (κ2) is 9.11. The zero-order valence-corrected chi connectivity index (χ0v) is 16.1. The van der Waals surface area contributed by atoms with E-state index in [9.17, 15) is 27.6 Å². The second-order valence-corrected chi connectivity index (χ2v) is 7.03. The molecule has 0 aliphatic heterocycles. The Labute approximate surface area is 171 Å². The number of esters is 1. The Morgan fingerprint density at radius 2 is 1.53 bits per heavy atom. The molecular weight excluding hydrogens is 399 g/mol. The van der Waals surface area contributed by atoms with Crippen molar-refractivity contribution in [3.8, 4) is 0 Å². The zero-order chi connectivity index (χ0) is 21.7. The van der Waals surface area contributed by atoms with E-state index in [2.05, 4.69) is 5.32 Å². The first kappa shape index (κ1) is 21.5.